The Morgan fingerprint density at radius 2 is 1.61 bits per heavy atom. The minimum atomic E-state index is -3.59. The SMILES string of the molecule is Cc1ccccc1C(=O)NC1CCN(C(=O)c2cccc(S(=O)(=O)N3CCCCC3)c2)CC1. The van der Waals surface area contributed by atoms with Crippen LogP contribution in [0.2, 0.25) is 0 Å². The van der Waals surface area contributed by atoms with Crippen LogP contribution in [0.1, 0.15) is 58.4 Å². The molecule has 7 nitrogen and oxygen atoms in total. The van der Waals surface area contributed by atoms with Crippen molar-refractivity contribution in [3.63, 3.8) is 0 Å². The highest BCUT2D eigenvalue weighted by Crippen LogP contribution is 2.23. The van der Waals surface area contributed by atoms with E-state index in [9.17, 15) is 18.0 Å². The fourth-order valence-electron chi connectivity index (χ4n) is 4.54. The Morgan fingerprint density at radius 1 is 0.909 bits per heavy atom. The zero-order valence-electron chi connectivity index (χ0n) is 19.0. The number of rotatable bonds is 5. The van der Waals surface area contributed by atoms with E-state index in [2.05, 4.69) is 5.32 Å². The van der Waals surface area contributed by atoms with Gasteiger partial charge in [-0.25, -0.2) is 8.42 Å². The number of likely N-dealkylation sites (tertiary alicyclic amines) is 1. The summed E-state index contributed by atoms with van der Waals surface area (Å²) in [5.74, 6) is -0.261. The normalized spacial score (nSPS) is 18.2. The smallest absolute Gasteiger partial charge is 0.253 e. The summed E-state index contributed by atoms with van der Waals surface area (Å²) in [6.45, 7) is 4.00. The molecule has 0 saturated carbocycles. The minimum absolute atomic E-state index is 0.00645. The van der Waals surface area contributed by atoms with E-state index in [-0.39, 0.29) is 22.8 Å². The number of amides is 2. The Kier molecular flexibility index (Phi) is 7.14. The molecule has 0 unspecified atom stereocenters. The summed E-state index contributed by atoms with van der Waals surface area (Å²) in [5, 5.41) is 3.08. The van der Waals surface area contributed by atoms with E-state index in [1.165, 1.54) is 10.4 Å². The van der Waals surface area contributed by atoms with Gasteiger partial charge in [0.15, 0.2) is 0 Å². The van der Waals surface area contributed by atoms with Crippen molar-refractivity contribution >= 4 is 21.8 Å². The lowest BCUT2D eigenvalue weighted by Gasteiger charge is -2.32. The molecule has 0 aliphatic carbocycles. The standard InChI is InChI=1S/C25H31N3O4S/c1-19-8-3-4-11-23(19)24(29)26-21-12-16-27(17-13-21)25(30)20-9-7-10-22(18-20)33(31,32)28-14-5-2-6-15-28/h3-4,7-11,18,21H,2,5-6,12-17H2,1H3,(H,26,29). The van der Waals surface area contributed by atoms with Crippen LogP contribution >= 0.6 is 0 Å². The molecule has 0 bridgehead atoms. The van der Waals surface area contributed by atoms with Crippen molar-refractivity contribution in [3.05, 3.63) is 65.2 Å². The third-order valence-corrected chi connectivity index (χ3v) is 8.44. The molecule has 8 heteroatoms. The van der Waals surface area contributed by atoms with Crippen LogP contribution in [0.4, 0.5) is 0 Å². The first-order chi connectivity index (χ1) is 15.9. The number of benzene rings is 2. The second-order valence-corrected chi connectivity index (χ2v) is 10.8. The number of carbonyl (C=O) groups is 2. The summed E-state index contributed by atoms with van der Waals surface area (Å²) in [6, 6.07) is 13.9. The van der Waals surface area contributed by atoms with E-state index >= 15 is 0 Å². The van der Waals surface area contributed by atoms with Gasteiger partial charge in [0.05, 0.1) is 4.90 Å². The molecule has 1 N–H and O–H groups in total. The van der Waals surface area contributed by atoms with Gasteiger partial charge in [0.1, 0.15) is 0 Å². The number of piperidine rings is 2. The number of sulfonamides is 1. The van der Waals surface area contributed by atoms with Crippen LogP contribution < -0.4 is 5.32 Å². The van der Waals surface area contributed by atoms with Crippen molar-refractivity contribution in [2.45, 2.75) is 50.0 Å². The molecule has 2 aromatic carbocycles. The van der Waals surface area contributed by atoms with Crippen molar-refractivity contribution < 1.29 is 18.0 Å². The summed E-state index contributed by atoms with van der Waals surface area (Å²) < 4.78 is 27.5. The highest BCUT2D eigenvalue weighted by molar-refractivity contribution is 7.89. The number of nitrogens with one attached hydrogen (secondary N) is 1. The van der Waals surface area contributed by atoms with Crippen molar-refractivity contribution in [1.29, 1.82) is 0 Å². The Morgan fingerprint density at radius 3 is 2.30 bits per heavy atom. The molecule has 0 radical (unpaired) electrons. The molecule has 2 heterocycles. The first-order valence-corrected chi connectivity index (χ1v) is 13.1. The zero-order chi connectivity index (χ0) is 23.4. The molecular formula is C25H31N3O4S. The molecule has 2 aromatic rings. The molecule has 0 atom stereocenters. The molecule has 0 spiro atoms. The summed E-state index contributed by atoms with van der Waals surface area (Å²) in [7, 11) is -3.59. The van der Waals surface area contributed by atoms with Gasteiger partial charge in [-0.3, -0.25) is 9.59 Å². The summed E-state index contributed by atoms with van der Waals surface area (Å²) in [4.78, 5) is 27.6. The quantitative estimate of drug-likeness (QED) is 0.729. The fourth-order valence-corrected chi connectivity index (χ4v) is 6.11. The lowest BCUT2D eigenvalue weighted by atomic mass is 10.0. The summed E-state index contributed by atoms with van der Waals surface area (Å²) >= 11 is 0. The molecule has 2 aliphatic heterocycles. The van der Waals surface area contributed by atoms with Crippen LogP contribution in [-0.2, 0) is 10.0 Å². The third-order valence-electron chi connectivity index (χ3n) is 6.54. The summed E-state index contributed by atoms with van der Waals surface area (Å²) in [6.07, 6.45) is 4.11. The van der Waals surface area contributed by atoms with Gasteiger partial charge in [0.2, 0.25) is 10.0 Å². The number of hydrogen-bond donors (Lipinski definition) is 1. The van der Waals surface area contributed by atoms with Crippen LogP contribution in [0.25, 0.3) is 0 Å². The van der Waals surface area contributed by atoms with Crippen LogP contribution in [0.3, 0.4) is 0 Å². The zero-order valence-corrected chi connectivity index (χ0v) is 19.8. The number of aryl methyl sites for hydroxylation is 1. The monoisotopic (exact) mass is 469 g/mol. The van der Waals surface area contributed by atoms with Gasteiger partial charge in [0, 0.05) is 43.3 Å². The maximum Gasteiger partial charge on any atom is 0.253 e. The fraction of sp³-hybridized carbons (Fsp3) is 0.440. The Hall–Kier alpha value is -2.71. The van der Waals surface area contributed by atoms with Crippen LogP contribution in [0, 0.1) is 6.92 Å². The highest BCUT2D eigenvalue weighted by atomic mass is 32.2. The van der Waals surface area contributed by atoms with Crippen LogP contribution in [0.5, 0.6) is 0 Å². The second kappa shape index (κ2) is 10.1. The molecule has 2 saturated heterocycles. The molecule has 33 heavy (non-hydrogen) atoms. The highest BCUT2D eigenvalue weighted by Gasteiger charge is 2.28. The topological polar surface area (TPSA) is 86.8 Å². The van der Waals surface area contributed by atoms with E-state index in [1.807, 2.05) is 31.2 Å². The molecule has 2 aliphatic rings. The Labute approximate surface area is 195 Å². The molecule has 4 rings (SSSR count). The van der Waals surface area contributed by atoms with Crippen LogP contribution in [-0.4, -0.2) is 61.7 Å². The van der Waals surface area contributed by atoms with Crippen molar-refractivity contribution in [3.8, 4) is 0 Å². The van der Waals surface area contributed by atoms with Gasteiger partial charge in [-0.1, -0.05) is 30.7 Å². The number of carbonyl (C=O) groups excluding carboxylic acids is 2. The molecule has 0 aromatic heterocycles. The first kappa shape index (κ1) is 23.4. The van der Waals surface area contributed by atoms with Crippen LogP contribution in [0.15, 0.2) is 53.4 Å². The van der Waals surface area contributed by atoms with E-state index in [4.69, 9.17) is 0 Å². The third kappa shape index (κ3) is 5.28. The van der Waals surface area contributed by atoms with Gasteiger partial charge in [-0.2, -0.15) is 4.31 Å². The van der Waals surface area contributed by atoms with Crippen molar-refractivity contribution in [1.82, 2.24) is 14.5 Å². The van der Waals surface area contributed by atoms with Crippen molar-refractivity contribution in [2.75, 3.05) is 26.2 Å². The maximum atomic E-state index is 13.1. The van der Waals surface area contributed by atoms with Crippen molar-refractivity contribution in [2.24, 2.45) is 0 Å². The van der Waals surface area contributed by atoms with Gasteiger partial charge in [0.25, 0.3) is 11.8 Å². The van der Waals surface area contributed by atoms with E-state index in [1.54, 1.807) is 23.1 Å². The number of hydrogen-bond acceptors (Lipinski definition) is 4. The Balaban J connectivity index is 1.37. The predicted molar refractivity (Wildman–Crippen MR) is 127 cm³/mol. The Bertz CT molecular complexity index is 1120. The average Bonchev–Trinajstić information content (AvgIpc) is 2.85. The van der Waals surface area contributed by atoms with E-state index in [0.29, 0.717) is 50.1 Å². The predicted octanol–water partition coefficient (Wildman–Crippen LogP) is 3.20. The summed E-state index contributed by atoms with van der Waals surface area (Å²) in [5.41, 5.74) is 1.99. The minimum Gasteiger partial charge on any atom is -0.349 e. The second-order valence-electron chi connectivity index (χ2n) is 8.85. The molecule has 2 fully saturated rings. The van der Waals surface area contributed by atoms with Gasteiger partial charge in [-0.15, -0.1) is 0 Å². The molecule has 2 amide bonds. The van der Waals surface area contributed by atoms with Gasteiger partial charge < -0.3 is 10.2 Å². The van der Waals surface area contributed by atoms with Gasteiger partial charge >= 0.3 is 0 Å². The first-order valence-electron chi connectivity index (χ1n) is 11.6. The van der Waals surface area contributed by atoms with Gasteiger partial charge in [-0.05, 0) is 62.4 Å². The molecule has 176 valence electrons. The molecular weight excluding hydrogens is 438 g/mol. The average molecular weight is 470 g/mol. The maximum absolute atomic E-state index is 13.1. The lowest BCUT2D eigenvalue weighted by molar-refractivity contribution is 0.0698. The van der Waals surface area contributed by atoms with E-state index < -0.39 is 10.0 Å². The lowest BCUT2D eigenvalue weighted by Crippen LogP contribution is -2.46. The largest absolute Gasteiger partial charge is 0.349 e. The number of nitrogens with zero attached hydrogens (tertiary/aromatic N) is 2. The van der Waals surface area contributed by atoms with E-state index in [0.717, 1.165) is 24.8 Å².